The summed E-state index contributed by atoms with van der Waals surface area (Å²) in [6.07, 6.45) is 1.48. The van der Waals surface area contributed by atoms with Gasteiger partial charge in [0.15, 0.2) is 0 Å². The molecule has 0 atom stereocenters. The highest BCUT2D eigenvalue weighted by Gasteiger charge is 2.26. The van der Waals surface area contributed by atoms with E-state index >= 15 is 0 Å². The molecule has 0 unspecified atom stereocenters. The van der Waals surface area contributed by atoms with Gasteiger partial charge < -0.3 is 9.15 Å². The molecule has 0 saturated carbocycles. The molecular weight excluding hydrogens is 304 g/mol. The number of ether oxygens (including phenoxy) is 1. The second kappa shape index (κ2) is 6.64. The lowest BCUT2D eigenvalue weighted by atomic mass is 10.2. The summed E-state index contributed by atoms with van der Waals surface area (Å²) in [6.45, 7) is 2.19. The van der Waals surface area contributed by atoms with Crippen molar-refractivity contribution in [1.82, 2.24) is 4.31 Å². The minimum Gasteiger partial charge on any atom is -0.492 e. The van der Waals surface area contributed by atoms with E-state index in [1.54, 1.807) is 19.1 Å². The van der Waals surface area contributed by atoms with Gasteiger partial charge in [-0.15, -0.1) is 0 Å². The third-order valence-electron chi connectivity index (χ3n) is 3.02. The zero-order valence-corrected chi connectivity index (χ0v) is 13.1. The fourth-order valence-corrected chi connectivity index (χ4v) is 3.22. The zero-order valence-electron chi connectivity index (χ0n) is 12.3. The van der Waals surface area contributed by atoms with Crippen molar-refractivity contribution in [2.75, 3.05) is 13.7 Å². The fraction of sp³-hybridized carbons (Fsp3) is 0.267. The number of rotatable bonds is 6. The summed E-state index contributed by atoms with van der Waals surface area (Å²) in [6, 6.07) is 9.66. The molecule has 0 bridgehead atoms. The van der Waals surface area contributed by atoms with Gasteiger partial charge in [0.2, 0.25) is 10.0 Å². The Labute approximate surface area is 129 Å². The first-order valence-corrected chi connectivity index (χ1v) is 8.08. The Morgan fingerprint density at radius 1 is 1.36 bits per heavy atom. The van der Waals surface area contributed by atoms with Crippen LogP contribution in [0.1, 0.15) is 18.2 Å². The van der Waals surface area contributed by atoms with E-state index in [1.165, 1.54) is 31.5 Å². The van der Waals surface area contributed by atoms with Crippen LogP contribution >= 0.6 is 0 Å². The van der Waals surface area contributed by atoms with Crippen molar-refractivity contribution in [2.24, 2.45) is 0 Å². The summed E-state index contributed by atoms with van der Waals surface area (Å²) in [5.41, 5.74) is 0.258. The fourth-order valence-electron chi connectivity index (χ4n) is 1.93. The molecule has 0 fully saturated rings. The molecular formula is C15H16N2O4S. The smallest absolute Gasteiger partial charge is 0.246 e. The lowest BCUT2D eigenvalue weighted by molar-refractivity contribution is 0.329. The molecule has 0 spiro atoms. The van der Waals surface area contributed by atoms with E-state index in [2.05, 4.69) is 0 Å². The standard InChI is InChI=1S/C15H16N2O4S/c1-3-20-14-7-6-12(10-16)9-15(14)22(18,19)17(2)11-13-5-4-8-21-13/h4-9H,3,11H2,1-2H3. The Hall–Kier alpha value is -2.30. The molecule has 0 amide bonds. The van der Waals surface area contributed by atoms with Crippen LogP contribution in [0.3, 0.4) is 0 Å². The number of nitrogens with zero attached hydrogens (tertiary/aromatic N) is 2. The van der Waals surface area contributed by atoms with Gasteiger partial charge in [0.1, 0.15) is 16.4 Å². The largest absolute Gasteiger partial charge is 0.492 e. The molecule has 1 aromatic heterocycles. The summed E-state index contributed by atoms with van der Waals surface area (Å²) in [5.74, 6) is 0.758. The molecule has 0 aliphatic heterocycles. The number of sulfonamides is 1. The van der Waals surface area contributed by atoms with Crippen LogP contribution in [0.5, 0.6) is 5.75 Å². The van der Waals surface area contributed by atoms with E-state index in [0.29, 0.717) is 12.4 Å². The van der Waals surface area contributed by atoms with Gasteiger partial charge in [0.25, 0.3) is 0 Å². The Kier molecular flexibility index (Phi) is 4.85. The van der Waals surface area contributed by atoms with E-state index in [-0.39, 0.29) is 22.8 Å². The van der Waals surface area contributed by atoms with E-state index in [1.807, 2.05) is 6.07 Å². The second-order valence-electron chi connectivity index (χ2n) is 4.55. The molecule has 0 saturated heterocycles. The van der Waals surface area contributed by atoms with Crippen LogP contribution in [0.25, 0.3) is 0 Å². The van der Waals surface area contributed by atoms with Crippen molar-refractivity contribution >= 4 is 10.0 Å². The molecule has 7 heteroatoms. The van der Waals surface area contributed by atoms with Gasteiger partial charge in [-0.3, -0.25) is 0 Å². The van der Waals surface area contributed by atoms with Crippen molar-refractivity contribution in [3.63, 3.8) is 0 Å². The average Bonchev–Trinajstić information content (AvgIpc) is 3.00. The van der Waals surface area contributed by atoms with Gasteiger partial charge in [-0.25, -0.2) is 8.42 Å². The number of benzene rings is 1. The first kappa shape index (κ1) is 16.1. The van der Waals surface area contributed by atoms with E-state index in [4.69, 9.17) is 14.4 Å². The van der Waals surface area contributed by atoms with Gasteiger partial charge in [-0.2, -0.15) is 9.57 Å². The molecule has 6 nitrogen and oxygen atoms in total. The van der Waals surface area contributed by atoms with Crippen molar-refractivity contribution in [1.29, 1.82) is 5.26 Å². The molecule has 116 valence electrons. The third-order valence-corrected chi connectivity index (χ3v) is 4.84. The summed E-state index contributed by atoms with van der Waals surface area (Å²) in [5, 5.41) is 8.98. The first-order valence-electron chi connectivity index (χ1n) is 6.64. The SMILES string of the molecule is CCOc1ccc(C#N)cc1S(=O)(=O)N(C)Cc1ccco1. The van der Waals surface area contributed by atoms with Gasteiger partial charge in [0, 0.05) is 7.05 Å². The molecule has 0 aliphatic rings. The van der Waals surface area contributed by atoms with Gasteiger partial charge in [0.05, 0.1) is 31.0 Å². The summed E-state index contributed by atoms with van der Waals surface area (Å²) < 4.78 is 37.1. The molecule has 0 aliphatic carbocycles. The van der Waals surface area contributed by atoms with Crippen LogP contribution in [0.2, 0.25) is 0 Å². The monoisotopic (exact) mass is 320 g/mol. The predicted molar refractivity (Wildman–Crippen MR) is 79.7 cm³/mol. The Bertz CT molecular complexity index is 776. The topological polar surface area (TPSA) is 83.5 Å². The second-order valence-corrected chi connectivity index (χ2v) is 6.56. The summed E-state index contributed by atoms with van der Waals surface area (Å²) >= 11 is 0. The van der Waals surface area contributed by atoms with E-state index in [0.717, 1.165) is 4.31 Å². The summed E-state index contributed by atoms with van der Waals surface area (Å²) in [7, 11) is -2.35. The zero-order chi connectivity index (χ0) is 16.2. The van der Waals surface area contributed by atoms with E-state index in [9.17, 15) is 8.42 Å². The Balaban J connectivity index is 2.41. The average molecular weight is 320 g/mol. The van der Waals surface area contributed by atoms with Crippen molar-refractivity contribution in [3.8, 4) is 11.8 Å². The van der Waals surface area contributed by atoms with Crippen molar-refractivity contribution < 1.29 is 17.6 Å². The Morgan fingerprint density at radius 2 is 2.14 bits per heavy atom. The highest BCUT2D eigenvalue weighted by Crippen LogP contribution is 2.28. The van der Waals surface area contributed by atoms with Crippen LogP contribution < -0.4 is 4.74 Å². The number of nitriles is 1. The van der Waals surface area contributed by atoms with Gasteiger partial charge >= 0.3 is 0 Å². The molecule has 0 radical (unpaired) electrons. The van der Waals surface area contributed by atoms with Crippen LogP contribution in [-0.2, 0) is 16.6 Å². The minimum absolute atomic E-state index is 0.0255. The molecule has 22 heavy (non-hydrogen) atoms. The highest BCUT2D eigenvalue weighted by atomic mass is 32.2. The molecule has 0 N–H and O–H groups in total. The van der Waals surface area contributed by atoms with E-state index < -0.39 is 10.0 Å². The van der Waals surface area contributed by atoms with Gasteiger partial charge in [-0.05, 0) is 37.3 Å². The Morgan fingerprint density at radius 3 is 2.73 bits per heavy atom. The quantitative estimate of drug-likeness (QED) is 0.816. The highest BCUT2D eigenvalue weighted by molar-refractivity contribution is 7.89. The van der Waals surface area contributed by atoms with Crippen LogP contribution in [-0.4, -0.2) is 26.4 Å². The van der Waals surface area contributed by atoms with Gasteiger partial charge in [-0.1, -0.05) is 0 Å². The third kappa shape index (κ3) is 3.30. The first-order chi connectivity index (χ1) is 10.5. The normalized spacial score (nSPS) is 11.4. The maximum absolute atomic E-state index is 12.7. The molecule has 1 heterocycles. The molecule has 1 aromatic carbocycles. The molecule has 2 rings (SSSR count). The maximum atomic E-state index is 12.7. The minimum atomic E-state index is -3.80. The van der Waals surface area contributed by atoms with Crippen LogP contribution in [0.4, 0.5) is 0 Å². The maximum Gasteiger partial charge on any atom is 0.246 e. The number of hydrogen-bond donors (Lipinski definition) is 0. The molecule has 2 aromatic rings. The number of furan rings is 1. The summed E-state index contributed by atoms with van der Waals surface area (Å²) in [4.78, 5) is -0.0255. The predicted octanol–water partition coefficient (Wildman–Crippen LogP) is 2.37. The number of hydrogen-bond acceptors (Lipinski definition) is 5. The van der Waals surface area contributed by atoms with Crippen LogP contribution in [0, 0.1) is 11.3 Å². The van der Waals surface area contributed by atoms with Crippen molar-refractivity contribution in [2.45, 2.75) is 18.4 Å². The van der Waals surface area contributed by atoms with Crippen LogP contribution in [0.15, 0.2) is 45.9 Å². The lowest BCUT2D eigenvalue weighted by Gasteiger charge is -2.18. The lowest BCUT2D eigenvalue weighted by Crippen LogP contribution is -2.27. The van der Waals surface area contributed by atoms with Crippen molar-refractivity contribution in [3.05, 3.63) is 47.9 Å².